The van der Waals surface area contributed by atoms with Crippen molar-refractivity contribution in [3.63, 3.8) is 0 Å². The summed E-state index contributed by atoms with van der Waals surface area (Å²) >= 11 is 0. The van der Waals surface area contributed by atoms with Gasteiger partial charge in [0, 0.05) is 30.7 Å². The fourth-order valence-corrected chi connectivity index (χ4v) is 3.79. The Morgan fingerprint density at radius 1 is 1.10 bits per heavy atom. The topological polar surface area (TPSA) is 15.3 Å². The number of hydrogen-bond acceptors (Lipinski definition) is 2. The van der Waals surface area contributed by atoms with E-state index in [1.54, 1.807) is 12.1 Å². The average Bonchev–Trinajstić information content (AvgIpc) is 2.47. The zero-order chi connectivity index (χ0) is 14.9. The molecule has 116 valence electrons. The molecule has 0 aromatic heterocycles. The monoisotopic (exact) mass is 290 g/mol. The number of nitrogens with one attached hydrogen (secondary N) is 1. The van der Waals surface area contributed by atoms with E-state index < -0.39 is 0 Å². The van der Waals surface area contributed by atoms with Crippen molar-refractivity contribution < 1.29 is 4.39 Å². The van der Waals surface area contributed by atoms with Crippen molar-refractivity contribution in [2.24, 2.45) is 0 Å². The summed E-state index contributed by atoms with van der Waals surface area (Å²) in [6, 6.07) is 6.98. The van der Waals surface area contributed by atoms with E-state index in [0.29, 0.717) is 5.54 Å². The van der Waals surface area contributed by atoms with Crippen LogP contribution in [0.4, 0.5) is 4.39 Å². The van der Waals surface area contributed by atoms with Crippen molar-refractivity contribution in [3.8, 4) is 0 Å². The molecule has 1 aromatic rings. The van der Waals surface area contributed by atoms with Gasteiger partial charge < -0.3 is 5.32 Å². The Kier molecular flexibility index (Phi) is 4.06. The van der Waals surface area contributed by atoms with Crippen LogP contribution in [0.2, 0.25) is 0 Å². The predicted octanol–water partition coefficient (Wildman–Crippen LogP) is 3.71. The van der Waals surface area contributed by atoms with Crippen molar-refractivity contribution in [1.29, 1.82) is 0 Å². The summed E-state index contributed by atoms with van der Waals surface area (Å²) in [6.45, 7) is 7.67. The summed E-state index contributed by atoms with van der Waals surface area (Å²) in [6.07, 6.45) is 6.66. The van der Waals surface area contributed by atoms with E-state index in [4.69, 9.17) is 0 Å². The van der Waals surface area contributed by atoms with Gasteiger partial charge in [0.1, 0.15) is 5.82 Å². The molecule has 3 rings (SSSR count). The lowest BCUT2D eigenvalue weighted by Gasteiger charge is -2.53. The fourth-order valence-electron chi connectivity index (χ4n) is 3.79. The minimum atomic E-state index is -0.151. The van der Waals surface area contributed by atoms with Gasteiger partial charge in [0.2, 0.25) is 0 Å². The van der Waals surface area contributed by atoms with Crippen molar-refractivity contribution >= 4 is 0 Å². The summed E-state index contributed by atoms with van der Waals surface area (Å²) in [5.41, 5.74) is 1.67. The quantitative estimate of drug-likeness (QED) is 0.893. The van der Waals surface area contributed by atoms with E-state index in [1.165, 1.54) is 37.7 Å². The van der Waals surface area contributed by atoms with Crippen LogP contribution >= 0.6 is 0 Å². The highest BCUT2D eigenvalue weighted by atomic mass is 19.1. The van der Waals surface area contributed by atoms with E-state index in [1.807, 2.05) is 12.1 Å². The Balaban J connectivity index is 1.75. The Hall–Kier alpha value is -0.930. The highest BCUT2D eigenvalue weighted by Crippen LogP contribution is 2.35. The molecule has 0 radical (unpaired) electrons. The van der Waals surface area contributed by atoms with Gasteiger partial charge in [0.25, 0.3) is 0 Å². The van der Waals surface area contributed by atoms with Crippen LogP contribution in [0, 0.1) is 5.82 Å². The van der Waals surface area contributed by atoms with Gasteiger partial charge in [-0.15, -0.1) is 0 Å². The number of halogens is 1. The second-order valence-electron chi connectivity index (χ2n) is 7.49. The van der Waals surface area contributed by atoms with E-state index >= 15 is 0 Å². The molecule has 21 heavy (non-hydrogen) atoms. The van der Waals surface area contributed by atoms with Crippen LogP contribution in [0.5, 0.6) is 0 Å². The van der Waals surface area contributed by atoms with E-state index in [2.05, 4.69) is 24.1 Å². The molecule has 1 N–H and O–H groups in total. The molecule has 1 aliphatic heterocycles. The van der Waals surface area contributed by atoms with Gasteiger partial charge in [-0.3, -0.25) is 4.90 Å². The van der Waals surface area contributed by atoms with Gasteiger partial charge in [0.05, 0.1) is 0 Å². The molecular formula is C18H27FN2. The lowest BCUT2D eigenvalue weighted by Crippen LogP contribution is -2.68. The number of rotatable bonds is 2. The molecule has 0 amide bonds. The largest absolute Gasteiger partial charge is 0.308 e. The molecule has 1 saturated heterocycles. The smallest absolute Gasteiger partial charge is 0.123 e. The lowest BCUT2D eigenvalue weighted by molar-refractivity contribution is 0.00484. The minimum absolute atomic E-state index is 0.150. The lowest BCUT2D eigenvalue weighted by atomic mass is 9.77. The summed E-state index contributed by atoms with van der Waals surface area (Å²) in [7, 11) is 0. The number of benzene rings is 1. The Morgan fingerprint density at radius 3 is 2.43 bits per heavy atom. The molecule has 2 nitrogen and oxygen atoms in total. The first-order valence-electron chi connectivity index (χ1n) is 8.24. The summed E-state index contributed by atoms with van der Waals surface area (Å²) in [5, 5.41) is 3.85. The third-order valence-electron chi connectivity index (χ3n) is 5.34. The van der Waals surface area contributed by atoms with Gasteiger partial charge >= 0.3 is 0 Å². The predicted molar refractivity (Wildman–Crippen MR) is 84.7 cm³/mol. The summed E-state index contributed by atoms with van der Waals surface area (Å²) in [4.78, 5) is 2.59. The van der Waals surface area contributed by atoms with Crippen LogP contribution in [0.1, 0.15) is 51.5 Å². The maximum absolute atomic E-state index is 13.1. The van der Waals surface area contributed by atoms with E-state index in [9.17, 15) is 4.39 Å². The maximum atomic E-state index is 13.1. The maximum Gasteiger partial charge on any atom is 0.123 e. The Labute approximate surface area is 127 Å². The standard InChI is InChI=1S/C18H27FN2/c1-17(2)13-20-18(10-4-3-5-11-18)14-21(17)12-15-6-8-16(19)9-7-15/h6-9,20H,3-5,10-14H2,1-2H3. The van der Waals surface area contributed by atoms with Gasteiger partial charge in [-0.2, -0.15) is 0 Å². The van der Waals surface area contributed by atoms with Crippen LogP contribution < -0.4 is 5.32 Å². The fraction of sp³-hybridized carbons (Fsp3) is 0.667. The normalized spacial score (nSPS) is 25.1. The van der Waals surface area contributed by atoms with Crippen molar-refractivity contribution in [1.82, 2.24) is 10.2 Å². The highest BCUT2D eigenvalue weighted by Gasteiger charge is 2.42. The number of piperazine rings is 1. The van der Waals surface area contributed by atoms with Crippen LogP contribution in [-0.4, -0.2) is 29.1 Å². The van der Waals surface area contributed by atoms with Crippen molar-refractivity contribution in [3.05, 3.63) is 35.6 Å². The van der Waals surface area contributed by atoms with Crippen LogP contribution in [-0.2, 0) is 6.54 Å². The summed E-state index contributed by atoms with van der Waals surface area (Å²) < 4.78 is 13.1. The van der Waals surface area contributed by atoms with Gasteiger partial charge in [-0.25, -0.2) is 4.39 Å². The van der Waals surface area contributed by atoms with Crippen LogP contribution in [0.3, 0.4) is 0 Å². The first-order valence-corrected chi connectivity index (χ1v) is 8.24. The third kappa shape index (κ3) is 3.29. The number of nitrogens with zero attached hydrogens (tertiary/aromatic N) is 1. The minimum Gasteiger partial charge on any atom is -0.308 e. The molecule has 1 spiro atoms. The average molecular weight is 290 g/mol. The molecule has 1 aliphatic carbocycles. The van der Waals surface area contributed by atoms with E-state index in [-0.39, 0.29) is 11.4 Å². The second-order valence-corrected chi connectivity index (χ2v) is 7.49. The molecule has 1 heterocycles. The van der Waals surface area contributed by atoms with Gasteiger partial charge in [0.15, 0.2) is 0 Å². The molecule has 0 bridgehead atoms. The molecule has 0 unspecified atom stereocenters. The molecule has 3 heteroatoms. The second kappa shape index (κ2) is 5.69. The molecule has 1 aromatic carbocycles. The van der Waals surface area contributed by atoms with E-state index in [0.717, 1.165) is 19.6 Å². The third-order valence-corrected chi connectivity index (χ3v) is 5.34. The SMILES string of the molecule is CC1(C)CNC2(CCCCC2)CN1Cc1ccc(F)cc1. The molecule has 2 fully saturated rings. The van der Waals surface area contributed by atoms with Crippen LogP contribution in [0.25, 0.3) is 0 Å². The zero-order valence-electron chi connectivity index (χ0n) is 13.3. The molecule has 0 atom stereocenters. The Bertz CT molecular complexity index is 474. The molecule has 2 aliphatic rings. The molecule has 1 saturated carbocycles. The van der Waals surface area contributed by atoms with Crippen molar-refractivity contribution in [2.75, 3.05) is 13.1 Å². The zero-order valence-corrected chi connectivity index (χ0v) is 13.3. The van der Waals surface area contributed by atoms with Gasteiger partial charge in [-0.1, -0.05) is 31.4 Å². The molecular weight excluding hydrogens is 263 g/mol. The first kappa shape index (κ1) is 15.0. The van der Waals surface area contributed by atoms with Gasteiger partial charge in [-0.05, 0) is 44.4 Å². The number of hydrogen-bond donors (Lipinski definition) is 1. The Morgan fingerprint density at radius 2 is 1.76 bits per heavy atom. The van der Waals surface area contributed by atoms with Crippen LogP contribution in [0.15, 0.2) is 24.3 Å². The van der Waals surface area contributed by atoms with Crippen molar-refractivity contribution in [2.45, 2.75) is 63.6 Å². The highest BCUT2D eigenvalue weighted by molar-refractivity contribution is 5.17. The first-order chi connectivity index (χ1) is 9.99. The summed E-state index contributed by atoms with van der Waals surface area (Å²) in [5.74, 6) is -0.151.